The molecule has 3 aromatic rings. The van der Waals surface area contributed by atoms with Crippen LogP contribution in [0.3, 0.4) is 0 Å². The molecule has 0 amide bonds. The number of sulfone groups is 1. The maximum Gasteiger partial charge on any atom is 0.323 e. The molecule has 1 unspecified atom stereocenters. The summed E-state index contributed by atoms with van der Waals surface area (Å²) in [6, 6.07) is 8.32. The number of halogens is 1. The van der Waals surface area contributed by atoms with Gasteiger partial charge in [-0.2, -0.15) is 0 Å². The van der Waals surface area contributed by atoms with E-state index in [2.05, 4.69) is 10.3 Å². The molecule has 2 N–H and O–H groups in total. The number of rotatable bonds is 6. The van der Waals surface area contributed by atoms with E-state index in [1.165, 1.54) is 12.1 Å². The zero-order valence-electron chi connectivity index (χ0n) is 15.5. The molecule has 0 radical (unpaired) electrons. The van der Waals surface area contributed by atoms with Crippen molar-refractivity contribution in [3.63, 3.8) is 0 Å². The van der Waals surface area contributed by atoms with E-state index in [9.17, 15) is 22.7 Å². The smallest absolute Gasteiger partial charge is 0.323 e. The summed E-state index contributed by atoms with van der Waals surface area (Å²) in [5.74, 6) is -1.65. The van der Waals surface area contributed by atoms with E-state index in [0.29, 0.717) is 19.3 Å². The third kappa shape index (κ3) is 3.88. The Labute approximate surface area is 167 Å². The Kier molecular flexibility index (Phi) is 5.10. The van der Waals surface area contributed by atoms with E-state index in [1.54, 1.807) is 16.8 Å². The van der Waals surface area contributed by atoms with Crippen molar-refractivity contribution in [3.05, 3.63) is 59.7 Å². The predicted molar refractivity (Wildman–Crippen MR) is 105 cm³/mol. The van der Waals surface area contributed by atoms with Gasteiger partial charge in [0.15, 0.2) is 9.84 Å². The van der Waals surface area contributed by atoms with E-state index < -0.39 is 21.6 Å². The Balaban J connectivity index is 1.55. The SMILES string of the molecule is O=C(O)Cn1c2c(c3ncccc31)CC(NCS(=O)(=O)c1ccc(F)cc1)CC2. The molecule has 0 spiro atoms. The molecule has 1 atom stereocenters. The topological polar surface area (TPSA) is 101 Å². The van der Waals surface area contributed by atoms with Crippen molar-refractivity contribution in [2.45, 2.75) is 36.7 Å². The van der Waals surface area contributed by atoms with Crippen molar-refractivity contribution in [1.29, 1.82) is 0 Å². The standard InChI is InChI=1S/C20H20FN3O4S/c21-13-3-6-15(7-4-13)29(27,28)12-23-14-5-8-17-16(10-14)20-18(2-1-9-22-20)24(17)11-19(25)26/h1-4,6-7,9,14,23H,5,8,10-12H2,(H,25,26). The molecule has 1 aromatic carbocycles. The van der Waals surface area contributed by atoms with E-state index in [0.717, 1.165) is 34.4 Å². The lowest BCUT2D eigenvalue weighted by atomic mass is 9.92. The van der Waals surface area contributed by atoms with Crippen molar-refractivity contribution in [1.82, 2.24) is 14.9 Å². The highest BCUT2D eigenvalue weighted by Crippen LogP contribution is 2.31. The van der Waals surface area contributed by atoms with Crippen molar-refractivity contribution >= 4 is 26.8 Å². The summed E-state index contributed by atoms with van der Waals surface area (Å²) in [5.41, 5.74) is 3.45. The number of carbonyl (C=O) groups is 1. The lowest BCUT2D eigenvalue weighted by molar-refractivity contribution is -0.137. The molecule has 9 heteroatoms. The second-order valence-corrected chi connectivity index (χ2v) is 9.12. The molecule has 0 fully saturated rings. The van der Waals surface area contributed by atoms with Gasteiger partial charge in [0.25, 0.3) is 0 Å². The monoisotopic (exact) mass is 417 g/mol. The highest BCUT2D eigenvalue weighted by molar-refractivity contribution is 7.91. The second kappa shape index (κ2) is 7.57. The Bertz CT molecular complexity index is 1170. The molecule has 0 saturated carbocycles. The number of aliphatic carboxylic acids is 1. The van der Waals surface area contributed by atoms with Gasteiger partial charge in [-0.3, -0.25) is 9.78 Å². The van der Waals surface area contributed by atoms with Crippen LogP contribution in [0.25, 0.3) is 11.0 Å². The maximum absolute atomic E-state index is 13.0. The summed E-state index contributed by atoms with van der Waals surface area (Å²) < 4.78 is 39.8. The fourth-order valence-electron chi connectivity index (χ4n) is 3.89. The quantitative estimate of drug-likeness (QED) is 0.596. The molecular weight excluding hydrogens is 397 g/mol. The van der Waals surface area contributed by atoms with Crippen molar-refractivity contribution in [3.8, 4) is 0 Å². The minimum Gasteiger partial charge on any atom is -0.480 e. The average molecular weight is 417 g/mol. The molecule has 29 heavy (non-hydrogen) atoms. The number of nitrogens with one attached hydrogen (secondary N) is 1. The Hall–Kier alpha value is -2.78. The van der Waals surface area contributed by atoms with Crippen molar-refractivity contribution < 1.29 is 22.7 Å². The zero-order valence-corrected chi connectivity index (χ0v) is 16.3. The van der Waals surface area contributed by atoms with Crippen LogP contribution in [0.5, 0.6) is 0 Å². The van der Waals surface area contributed by atoms with Gasteiger partial charge >= 0.3 is 5.97 Å². The first-order valence-corrected chi connectivity index (χ1v) is 10.9. The Morgan fingerprint density at radius 1 is 1.28 bits per heavy atom. The number of pyridine rings is 1. The first-order chi connectivity index (χ1) is 13.8. The van der Waals surface area contributed by atoms with Gasteiger partial charge < -0.3 is 15.0 Å². The van der Waals surface area contributed by atoms with E-state index >= 15 is 0 Å². The van der Waals surface area contributed by atoms with Gasteiger partial charge in [-0.1, -0.05) is 0 Å². The highest BCUT2D eigenvalue weighted by atomic mass is 32.2. The van der Waals surface area contributed by atoms with Gasteiger partial charge in [0.05, 0.1) is 15.9 Å². The number of fused-ring (bicyclic) bond motifs is 3. The fourth-order valence-corrected chi connectivity index (χ4v) is 5.07. The predicted octanol–water partition coefficient (Wildman–Crippen LogP) is 2.14. The molecule has 152 valence electrons. The van der Waals surface area contributed by atoms with Crippen LogP contribution in [-0.4, -0.2) is 41.0 Å². The molecule has 0 aliphatic heterocycles. The zero-order chi connectivity index (χ0) is 20.6. The minimum atomic E-state index is -3.58. The van der Waals surface area contributed by atoms with Crippen LogP contribution in [-0.2, 0) is 34.0 Å². The number of aromatic nitrogens is 2. The van der Waals surface area contributed by atoms with Gasteiger partial charge in [-0.25, -0.2) is 12.8 Å². The number of carboxylic acids is 1. The van der Waals surface area contributed by atoms with Gasteiger partial charge in [0, 0.05) is 23.5 Å². The van der Waals surface area contributed by atoms with Crippen LogP contribution < -0.4 is 5.32 Å². The van der Waals surface area contributed by atoms with Crippen LogP contribution in [0.1, 0.15) is 17.7 Å². The lowest BCUT2D eigenvalue weighted by Crippen LogP contribution is -2.38. The fraction of sp³-hybridized carbons (Fsp3) is 0.300. The highest BCUT2D eigenvalue weighted by Gasteiger charge is 2.27. The van der Waals surface area contributed by atoms with Crippen LogP contribution in [0.4, 0.5) is 4.39 Å². The molecular formula is C20H20FN3O4S. The summed E-state index contributed by atoms with van der Waals surface area (Å²) in [6.45, 7) is -0.130. The van der Waals surface area contributed by atoms with Gasteiger partial charge in [0.2, 0.25) is 0 Å². The van der Waals surface area contributed by atoms with Gasteiger partial charge in [-0.05, 0) is 55.7 Å². The summed E-state index contributed by atoms with van der Waals surface area (Å²) in [4.78, 5) is 15.8. The largest absolute Gasteiger partial charge is 0.480 e. The number of carboxylic acid groups (broad SMARTS) is 1. The summed E-state index contributed by atoms with van der Waals surface area (Å²) in [5, 5.41) is 12.3. The molecule has 2 heterocycles. The maximum atomic E-state index is 13.0. The van der Waals surface area contributed by atoms with Crippen LogP contribution in [0, 0.1) is 5.82 Å². The normalized spacial score (nSPS) is 16.7. The number of hydrogen-bond acceptors (Lipinski definition) is 5. The number of nitrogens with zero attached hydrogens (tertiary/aromatic N) is 2. The molecule has 1 aliphatic rings. The second-order valence-electron chi connectivity index (χ2n) is 7.13. The Morgan fingerprint density at radius 2 is 2.03 bits per heavy atom. The van der Waals surface area contributed by atoms with E-state index in [-0.39, 0.29) is 23.4 Å². The van der Waals surface area contributed by atoms with Crippen LogP contribution >= 0.6 is 0 Å². The molecule has 1 aliphatic carbocycles. The molecule has 2 aromatic heterocycles. The lowest BCUT2D eigenvalue weighted by Gasteiger charge is -2.24. The Morgan fingerprint density at radius 3 is 2.76 bits per heavy atom. The summed E-state index contributed by atoms with van der Waals surface area (Å²) >= 11 is 0. The summed E-state index contributed by atoms with van der Waals surface area (Å²) in [7, 11) is -3.58. The molecule has 7 nitrogen and oxygen atoms in total. The van der Waals surface area contributed by atoms with Crippen LogP contribution in [0.2, 0.25) is 0 Å². The first kappa shape index (κ1) is 19.5. The first-order valence-electron chi connectivity index (χ1n) is 9.23. The van der Waals surface area contributed by atoms with Crippen LogP contribution in [0.15, 0.2) is 47.5 Å². The molecule has 0 bridgehead atoms. The van der Waals surface area contributed by atoms with Crippen molar-refractivity contribution in [2.75, 3.05) is 5.88 Å². The average Bonchev–Trinajstić information content (AvgIpc) is 3.00. The number of benzene rings is 1. The third-order valence-corrected chi connectivity index (χ3v) is 6.78. The third-order valence-electron chi connectivity index (χ3n) is 5.25. The molecule has 0 saturated heterocycles. The van der Waals surface area contributed by atoms with Gasteiger partial charge in [-0.15, -0.1) is 0 Å². The van der Waals surface area contributed by atoms with E-state index in [1.807, 2.05) is 6.07 Å². The van der Waals surface area contributed by atoms with E-state index in [4.69, 9.17) is 0 Å². The number of hydrogen-bond donors (Lipinski definition) is 2. The molecule has 4 rings (SSSR count). The summed E-state index contributed by atoms with van der Waals surface area (Å²) in [6.07, 6.45) is 3.55. The van der Waals surface area contributed by atoms with Gasteiger partial charge in [0.1, 0.15) is 18.2 Å². The minimum absolute atomic E-state index is 0.0719. The van der Waals surface area contributed by atoms with Crippen molar-refractivity contribution in [2.24, 2.45) is 0 Å².